The third kappa shape index (κ3) is 3.10. The van der Waals surface area contributed by atoms with Crippen LogP contribution in [0.5, 0.6) is 0 Å². The van der Waals surface area contributed by atoms with Crippen LogP contribution < -0.4 is 0 Å². The Kier molecular flexibility index (Phi) is 4.37. The van der Waals surface area contributed by atoms with Gasteiger partial charge in [0.15, 0.2) is 5.82 Å². The zero-order valence-electron chi connectivity index (χ0n) is 13.3. The van der Waals surface area contributed by atoms with Crippen LogP contribution in [0.1, 0.15) is 65.1 Å². The largest absolute Gasteiger partial charge is 0.480 e. The molecule has 1 aliphatic rings. The van der Waals surface area contributed by atoms with Crippen LogP contribution in [0.2, 0.25) is 0 Å². The van der Waals surface area contributed by atoms with Crippen molar-refractivity contribution in [2.45, 2.75) is 70.9 Å². The quantitative estimate of drug-likeness (QED) is 0.899. The van der Waals surface area contributed by atoms with Crippen LogP contribution in [-0.2, 0) is 16.8 Å². The van der Waals surface area contributed by atoms with Crippen molar-refractivity contribution in [3.05, 3.63) is 11.7 Å². The van der Waals surface area contributed by atoms with Gasteiger partial charge in [0, 0.05) is 5.41 Å². The maximum absolute atomic E-state index is 11.8. The van der Waals surface area contributed by atoms with E-state index in [0.29, 0.717) is 31.1 Å². The average molecular weight is 295 g/mol. The minimum absolute atomic E-state index is 0.167. The number of hydrogen-bond acceptors (Lipinski definition) is 5. The minimum Gasteiger partial charge on any atom is -0.480 e. The van der Waals surface area contributed by atoms with Gasteiger partial charge in [-0.2, -0.15) is 4.98 Å². The Labute approximate surface area is 125 Å². The lowest BCUT2D eigenvalue weighted by Crippen LogP contribution is -2.50. The van der Waals surface area contributed by atoms with E-state index in [2.05, 4.69) is 10.1 Å². The summed E-state index contributed by atoms with van der Waals surface area (Å²) in [5.74, 6) is 0.425. The van der Waals surface area contributed by atoms with Gasteiger partial charge in [-0.05, 0) is 25.8 Å². The molecule has 1 fully saturated rings. The molecule has 0 radical (unpaired) electrons. The van der Waals surface area contributed by atoms with E-state index in [4.69, 9.17) is 4.52 Å². The molecule has 1 aromatic heterocycles. The van der Waals surface area contributed by atoms with E-state index >= 15 is 0 Å². The summed E-state index contributed by atoms with van der Waals surface area (Å²) < 4.78 is 5.31. The summed E-state index contributed by atoms with van der Waals surface area (Å²) >= 11 is 0. The van der Waals surface area contributed by atoms with Gasteiger partial charge in [-0.15, -0.1) is 0 Å². The third-order valence-electron chi connectivity index (χ3n) is 4.15. The highest BCUT2D eigenvalue weighted by Gasteiger charge is 2.47. The van der Waals surface area contributed by atoms with E-state index in [1.165, 1.54) is 0 Å². The Hall–Kier alpha value is -1.43. The van der Waals surface area contributed by atoms with Gasteiger partial charge in [-0.25, -0.2) is 0 Å². The Morgan fingerprint density at radius 3 is 2.71 bits per heavy atom. The first-order valence-electron chi connectivity index (χ1n) is 7.61. The second-order valence-corrected chi connectivity index (χ2v) is 6.87. The van der Waals surface area contributed by atoms with Gasteiger partial charge in [0.2, 0.25) is 5.89 Å². The lowest BCUT2D eigenvalue weighted by Gasteiger charge is -2.33. The first-order chi connectivity index (χ1) is 9.79. The van der Waals surface area contributed by atoms with Crippen LogP contribution in [0.3, 0.4) is 0 Å². The molecule has 6 heteroatoms. The molecule has 0 aromatic carbocycles. The number of carboxylic acid groups (broad SMARTS) is 1. The summed E-state index contributed by atoms with van der Waals surface area (Å²) in [4.78, 5) is 18.2. The Morgan fingerprint density at radius 1 is 1.48 bits per heavy atom. The average Bonchev–Trinajstić information content (AvgIpc) is 2.98. The molecule has 6 nitrogen and oxygen atoms in total. The molecule has 0 spiro atoms. The van der Waals surface area contributed by atoms with Crippen molar-refractivity contribution in [3.8, 4) is 0 Å². The van der Waals surface area contributed by atoms with Gasteiger partial charge in [-0.1, -0.05) is 39.3 Å². The number of likely N-dealkylation sites (tertiary alicyclic amines) is 1. The van der Waals surface area contributed by atoms with Crippen molar-refractivity contribution in [2.24, 2.45) is 0 Å². The third-order valence-corrected chi connectivity index (χ3v) is 4.15. The molecule has 1 N–H and O–H groups in total. The lowest BCUT2D eigenvalue weighted by molar-refractivity contribution is -0.150. The number of aliphatic carboxylic acids is 1. The monoisotopic (exact) mass is 295 g/mol. The summed E-state index contributed by atoms with van der Waals surface area (Å²) in [5.41, 5.74) is -0.939. The molecule has 0 saturated carbocycles. The van der Waals surface area contributed by atoms with Crippen LogP contribution in [0, 0.1) is 0 Å². The maximum atomic E-state index is 11.8. The molecule has 2 rings (SSSR count). The molecular formula is C15H25N3O3. The van der Waals surface area contributed by atoms with Crippen LogP contribution in [0.15, 0.2) is 4.52 Å². The molecule has 1 saturated heterocycles. The number of nitrogens with zero attached hydrogens (tertiary/aromatic N) is 3. The summed E-state index contributed by atoms with van der Waals surface area (Å²) in [7, 11) is 0. The fraction of sp³-hybridized carbons (Fsp3) is 0.800. The van der Waals surface area contributed by atoms with E-state index in [9.17, 15) is 9.90 Å². The van der Waals surface area contributed by atoms with Crippen molar-refractivity contribution in [3.63, 3.8) is 0 Å². The van der Waals surface area contributed by atoms with Crippen LogP contribution in [0.25, 0.3) is 0 Å². The Bertz CT molecular complexity index is 507. The highest BCUT2D eigenvalue weighted by molar-refractivity contribution is 5.79. The van der Waals surface area contributed by atoms with E-state index < -0.39 is 11.5 Å². The summed E-state index contributed by atoms with van der Waals surface area (Å²) in [6.45, 7) is 9.27. The fourth-order valence-corrected chi connectivity index (χ4v) is 3.00. The Morgan fingerprint density at radius 2 is 2.19 bits per heavy atom. The molecule has 0 aliphatic carbocycles. The molecule has 0 amide bonds. The van der Waals surface area contributed by atoms with Gasteiger partial charge in [0.05, 0.1) is 6.54 Å². The predicted octanol–water partition coefficient (Wildman–Crippen LogP) is 2.59. The van der Waals surface area contributed by atoms with Crippen LogP contribution in [-0.4, -0.2) is 38.2 Å². The molecule has 118 valence electrons. The molecule has 1 atom stereocenters. The fourth-order valence-electron chi connectivity index (χ4n) is 3.00. The molecule has 2 heterocycles. The molecule has 1 aromatic rings. The number of carbonyl (C=O) groups is 1. The zero-order valence-corrected chi connectivity index (χ0v) is 13.3. The summed E-state index contributed by atoms with van der Waals surface area (Å²) in [6, 6.07) is 0. The van der Waals surface area contributed by atoms with E-state index in [0.717, 1.165) is 19.4 Å². The highest BCUT2D eigenvalue weighted by atomic mass is 16.5. The van der Waals surface area contributed by atoms with Crippen LogP contribution >= 0.6 is 0 Å². The van der Waals surface area contributed by atoms with Gasteiger partial charge in [0.1, 0.15) is 5.54 Å². The number of rotatable bonds is 5. The highest BCUT2D eigenvalue weighted by Crippen LogP contribution is 2.35. The SMILES string of the molecule is CCCC1(C(=O)O)CCCN1Cc1nc(C(C)(C)C)no1. The second-order valence-electron chi connectivity index (χ2n) is 6.87. The number of aromatic nitrogens is 2. The lowest BCUT2D eigenvalue weighted by atomic mass is 9.90. The van der Waals surface area contributed by atoms with Gasteiger partial charge in [-0.3, -0.25) is 9.69 Å². The molecule has 21 heavy (non-hydrogen) atoms. The van der Waals surface area contributed by atoms with Crippen LogP contribution in [0.4, 0.5) is 0 Å². The Balaban J connectivity index is 2.17. The normalized spacial score (nSPS) is 23.6. The van der Waals surface area contributed by atoms with Crippen molar-refractivity contribution in [1.29, 1.82) is 0 Å². The molecule has 1 unspecified atom stereocenters. The van der Waals surface area contributed by atoms with Gasteiger partial charge < -0.3 is 9.63 Å². The first-order valence-corrected chi connectivity index (χ1v) is 7.61. The standard InChI is InChI=1S/C15H25N3O3/c1-5-7-15(13(19)20)8-6-9-18(15)10-11-16-12(17-21-11)14(2,3)4/h5-10H2,1-4H3,(H,19,20). The summed E-state index contributed by atoms with van der Waals surface area (Å²) in [6.07, 6.45) is 3.09. The number of hydrogen-bond donors (Lipinski definition) is 1. The van der Waals surface area contributed by atoms with Gasteiger partial charge >= 0.3 is 5.97 Å². The second kappa shape index (κ2) is 5.75. The molecule has 0 bridgehead atoms. The molecular weight excluding hydrogens is 270 g/mol. The van der Waals surface area contributed by atoms with Crippen molar-refractivity contribution >= 4 is 5.97 Å². The smallest absolute Gasteiger partial charge is 0.324 e. The van der Waals surface area contributed by atoms with Crippen molar-refractivity contribution in [1.82, 2.24) is 15.0 Å². The first kappa shape index (κ1) is 15.9. The van der Waals surface area contributed by atoms with Crippen molar-refractivity contribution in [2.75, 3.05) is 6.54 Å². The molecule has 1 aliphatic heterocycles. The summed E-state index contributed by atoms with van der Waals surface area (Å²) in [5, 5.41) is 13.7. The minimum atomic E-state index is -0.773. The maximum Gasteiger partial charge on any atom is 0.324 e. The number of carboxylic acids is 1. The van der Waals surface area contributed by atoms with Gasteiger partial charge in [0.25, 0.3) is 0 Å². The van der Waals surface area contributed by atoms with E-state index in [1.807, 2.05) is 32.6 Å². The van der Waals surface area contributed by atoms with E-state index in [1.54, 1.807) is 0 Å². The van der Waals surface area contributed by atoms with E-state index in [-0.39, 0.29) is 5.41 Å². The van der Waals surface area contributed by atoms with Crippen molar-refractivity contribution < 1.29 is 14.4 Å². The topological polar surface area (TPSA) is 79.5 Å². The predicted molar refractivity (Wildman–Crippen MR) is 77.9 cm³/mol. The zero-order chi connectivity index (χ0) is 15.7.